The van der Waals surface area contributed by atoms with Crippen molar-refractivity contribution in [2.75, 3.05) is 6.54 Å². The van der Waals surface area contributed by atoms with Crippen LogP contribution in [-0.4, -0.2) is 29.2 Å². The van der Waals surface area contributed by atoms with Gasteiger partial charge in [0.15, 0.2) is 6.10 Å². The number of halogens is 2. The van der Waals surface area contributed by atoms with E-state index < -0.39 is 11.6 Å². The second-order valence-corrected chi connectivity index (χ2v) is 6.94. The van der Waals surface area contributed by atoms with Crippen LogP contribution in [-0.2, 0) is 16.2 Å². The number of amides is 1. The first kappa shape index (κ1) is 19.0. The molecule has 1 aliphatic rings. The van der Waals surface area contributed by atoms with E-state index in [0.717, 1.165) is 17.3 Å². The van der Waals surface area contributed by atoms with Crippen LogP contribution in [0.25, 0.3) is 0 Å². The van der Waals surface area contributed by atoms with E-state index in [1.807, 2.05) is 30.3 Å². The minimum absolute atomic E-state index is 0.0592. The van der Waals surface area contributed by atoms with Crippen LogP contribution in [0.1, 0.15) is 31.4 Å². The van der Waals surface area contributed by atoms with E-state index in [1.54, 1.807) is 18.7 Å². The Hall–Kier alpha value is -2.76. The minimum atomic E-state index is -0.662. The van der Waals surface area contributed by atoms with E-state index in [4.69, 9.17) is 4.84 Å². The number of oxime groups is 1. The van der Waals surface area contributed by atoms with Gasteiger partial charge in [-0.1, -0.05) is 55.4 Å². The van der Waals surface area contributed by atoms with Gasteiger partial charge in [0.05, 0.1) is 12.3 Å². The van der Waals surface area contributed by atoms with Crippen molar-refractivity contribution in [1.82, 2.24) is 4.90 Å². The van der Waals surface area contributed by atoms with Crippen LogP contribution in [0.4, 0.5) is 8.78 Å². The smallest absolute Gasteiger partial charge is 0.225 e. The lowest BCUT2D eigenvalue weighted by Gasteiger charge is -2.26. The number of benzene rings is 2. The number of carbonyl (C=O) groups excluding carboxylic acids is 1. The van der Waals surface area contributed by atoms with Crippen LogP contribution in [0, 0.1) is 17.6 Å². The molecule has 0 unspecified atom stereocenters. The minimum Gasteiger partial charge on any atom is -0.390 e. The third-order valence-corrected chi connectivity index (χ3v) is 4.45. The molecule has 1 amide bonds. The first-order chi connectivity index (χ1) is 12.9. The maximum absolute atomic E-state index is 14.0. The van der Waals surface area contributed by atoms with E-state index in [2.05, 4.69) is 5.16 Å². The number of rotatable bonds is 6. The van der Waals surface area contributed by atoms with Crippen molar-refractivity contribution in [2.45, 2.75) is 32.9 Å². The quantitative estimate of drug-likeness (QED) is 0.765. The summed E-state index contributed by atoms with van der Waals surface area (Å²) >= 11 is 0. The van der Waals surface area contributed by atoms with Crippen molar-refractivity contribution in [2.24, 2.45) is 11.1 Å². The monoisotopic (exact) mass is 372 g/mol. The van der Waals surface area contributed by atoms with Crippen LogP contribution in [0.2, 0.25) is 0 Å². The largest absolute Gasteiger partial charge is 0.390 e. The lowest BCUT2D eigenvalue weighted by Crippen LogP contribution is -2.39. The van der Waals surface area contributed by atoms with Gasteiger partial charge in [0.1, 0.15) is 11.6 Å². The first-order valence-corrected chi connectivity index (χ1v) is 8.95. The fraction of sp³-hybridized carbons (Fsp3) is 0.333. The van der Waals surface area contributed by atoms with Gasteiger partial charge in [-0.15, -0.1) is 0 Å². The lowest BCUT2D eigenvalue weighted by atomic mass is 10.0. The molecule has 1 heterocycles. The fourth-order valence-corrected chi connectivity index (χ4v) is 3.03. The molecular weight excluding hydrogens is 350 g/mol. The molecule has 0 fully saturated rings. The molecule has 1 atom stereocenters. The normalized spacial score (nSPS) is 16.2. The van der Waals surface area contributed by atoms with Crippen LogP contribution in [0.3, 0.4) is 0 Å². The van der Waals surface area contributed by atoms with Crippen LogP contribution in [0.15, 0.2) is 53.7 Å². The van der Waals surface area contributed by atoms with E-state index in [-0.39, 0.29) is 36.6 Å². The van der Waals surface area contributed by atoms with Gasteiger partial charge in [-0.2, -0.15) is 0 Å². The standard InChI is InChI=1S/C21H22F2N2O2/c1-14(2)21(26)25(12-16-8-9-17(22)10-19(16)23)13-18-11-20(24-27-18)15-6-4-3-5-7-15/h3-10,14,18H,11-13H2,1-2H3/t18-/m1/s1. The molecule has 27 heavy (non-hydrogen) atoms. The lowest BCUT2D eigenvalue weighted by molar-refractivity contribution is -0.137. The Morgan fingerprint density at radius 3 is 2.63 bits per heavy atom. The highest BCUT2D eigenvalue weighted by Gasteiger charge is 2.28. The second kappa shape index (κ2) is 8.29. The Labute approximate surface area is 157 Å². The molecule has 3 rings (SSSR count). The van der Waals surface area contributed by atoms with Crippen molar-refractivity contribution in [1.29, 1.82) is 0 Å². The molecule has 0 bridgehead atoms. The molecule has 0 radical (unpaired) electrons. The molecule has 0 aromatic heterocycles. The molecule has 0 aliphatic carbocycles. The Bertz CT molecular complexity index is 837. The molecule has 2 aromatic rings. The van der Waals surface area contributed by atoms with Crippen molar-refractivity contribution >= 4 is 11.6 Å². The zero-order chi connectivity index (χ0) is 19.4. The number of nitrogens with zero attached hydrogens (tertiary/aromatic N) is 2. The summed E-state index contributed by atoms with van der Waals surface area (Å²) in [6.45, 7) is 3.92. The predicted octanol–water partition coefficient (Wildman–Crippen LogP) is 4.14. The summed E-state index contributed by atoms with van der Waals surface area (Å²) in [6.07, 6.45) is 0.268. The highest BCUT2D eigenvalue weighted by molar-refractivity contribution is 6.01. The van der Waals surface area contributed by atoms with Gasteiger partial charge in [-0.3, -0.25) is 4.79 Å². The van der Waals surface area contributed by atoms with Crippen molar-refractivity contribution in [3.63, 3.8) is 0 Å². The summed E-state index contributed by atoms with van der Waals surface area (Å²) in [7, 11) is 0. The average Bonchev–Trinajstić information content (AvgIpc) is 3.12. The van der Waals surface area contributed by atoms with E-state index in [0.29, 0.717) is 6.42 Å². The summed E-state index contributed by atoms with van der Waals surface area (Å²) in [5, 5.41) is 4.14. The molecule has 6 heteroatoms. The molecule has 142 valence electrons. The van der Waals surface area contributed by atoms with Crippen molar-refractivity contribution in [3.05, 3.63) is 71.3 Å². The molecule has 0 spiro atoms. The van der Waals surface area contributed by atoms with Crippen LogP contribution >= 0.6 is 0 Å². The summed E-state index contributed by atoms with van der Waals surface area (Å²) in [5.41, 5.74) is 2.07. The number of carbonyl (C=O) groups is 1. The molecule has 0 N–H and O–H groups in total. The summed E-state index contributed by atoms with van der Waals surface area (Å²) < 4.78 is 27.2. The Morgan fingerprint density at radius 2 is 1.96 bits per heavy atom. The molecule has 4 nitrogen and oxygen atoms in total. The second-order valence-electron chi connectivity index (χ2n) is 6.94. The van der Waals surface area contributed by atoms with Gasteiger partial charge in [-0.05, 0) is 11.6 Å². The van der Waals surface area contributed by atoms with Gasteiger partial charge in [0.2, 0.25) is 5.91 Å². The molecular formula is C21H22F2N2O2. The maximum atomic E-state index is 14.0. The zero-order valence-electron chi connectivity index (χ0n) is 15.4. The Kier molecular flexibility index (Phi) is 5.84. The zero-order valence-corrected chi connectivity index (χ0v) is 15.4. The van der Waals surface area contributed by atoms with Crippen molar-refractivity contribution < 1.29 is 18.4 Å². The van der Waals surface area contributed by atoms with Gasteiger partial charge in [0.25, 0.3) is 0 Å². The highest BCUT2D eigenvalue weighted by atomic mass is 19.1. The highest BCUT2D eigenvalue weighted by Crippen LogP contribution is 2.20. The topological polar surface area (TPSA) is 41.9 Å². The van der Waals surface area contributed by atoms with E-state index in [9.17, 15) is 13.6 Å². The van der Waals surface area contributed by atoms with Crippen LogP contribution in [0.5, 0.6) is 0 Å². The van der Waals surface area contributed by atoms with Gasteiger partial charge in [-0.25, -0.2) is 8.78 Å². The molecule has 0 saturated heterocycles. The third-order valence-electron chi connectivity index (χ3n) is 4.45. The summed E-state index contributed by atoms with van der Waals surface area (Å²) in [4.78, 5) is 19.7. The fourth-order valence-electron chi connectivity index (χ4n) is 3.03. The van der Waals surface area contributed by atoms with Gasteiger partial charge in [0, 0.05) is 30.5 Å². The Balaban J connectivity index is 1.70. The average molecular weight is 372 g/mol. The molecule has 1 aliphatic heterocycles. The SMILES string of the molecule is CC(C)C(=O)N(Cc1ccc(F)cc1F)C[C@H]1CC(c2ccccc2)=NO1. The maximum Gasteiger partial charge on any atom is 0.225 e. The van der Waals surface area contributed by atoms with Gasteiger partial charge < -0.3 is 9.74 Å². The first-order valence-electron chi connectivity index (χ1n) is 8.95. The molecule has 0 saturated carbocycles. The van der Waals surface area contributed by atoms with Gasteiger partial charge >= 0.3 is 0 Å². The third kappa shape index (κ3) is 4.70. The summed E-state index contributed by atoms with van der Waals surface area (Å²) in [6, 6.07) is 13.1. The number of hydrogen-bond donors (Lipinski definition) is 0. The van der Waals surface area contributed by atoms with Crippen molar-refractivity contribution in [3.8, 4) is 0 Å². The van der Waals surface area contributed by atoms with E-state index >= 15 is 0 Å². The Morgan fingerprint density at radius 1 is 1.22 bits per heavy atom. The molecule has 2 aromatic carbocycles. The summed E-state index contributed by atoms with van der Waals surface area (Å²) in [5.74, 6) is -1.66. The van der Waals surface area contributed by atoms with Crippen LogP contribution < -0.4 is 0 Å². The predicted molar refractivity (Wildman–Crippen MR) is 99.1 cm³/mol. The van der Waals surface area contributed by atoms with E-state index in [1.165, 1.54) is 12.1 Å². The number of hydrogen-bond acceptors (Lipinski definition) is 3.